The standard InChI is InChI=1S/C36H47ClN2O9/c1-21(2)17-28(40)36(44)47-29(23(4)32-33(48-32)25-11-8-7-9-12-25)13-10-14-31(41)39-27(34(42)38-20-22(3)35(43)46-6)19-24-15-16-30(45-5)26(37)18-24/h7-12,14-16,18,21-23,27-29,32-33,40H,13,17,19-20H2,1-6H3,(H,38,42)(H,39,41). The number of carbonyl (C=O) groups is 4. The summed E-state index contributed by atoms with van der Waals surface area (Å²) in [5, 5.41) is 16.2. The van der Waals surface area contributed by atoms with E-state index >= 15 is 0 Å². The Bertz CT molecular complexity index is 1420. The van der Waals surface area contributed by atoms with Crippen LogP contribution < -0.4 is 15.4 Å². The van der Waals surface area contributed by atoms with Crippen molar-refractivity contribution in [3.05, 3.63) is 76.8 Å². The first-order valence-electron chi connectivity index (χ1n) is 16.1. The van der Waals surface area contributed by atoms with Crippen molar-refractivity contribution >= 4 is 35.4 Å². The van der Waals surface area contributed by atoms with E-state index in [1.807, 2.05) is 51.1 Å². The summed E-state index contributed by atoms with van der Waals surface area (Å²) in [5.41, 5.74) is 1.68. The Labute approximate surface area is 287 Å². The van der Waals surface area contributed by atoms with Gasteiger partial charge in [-0.25, -0.2) is 4.79 Å². The smallest absolute Gasteiger partial charge is 0.335 e. The topological polar surface area (TPSA) is 153 Å². The van der Waals surface area contributed by atoms with Crippen LogP contribution in [-0.2, 0) is 39.8 Å². The van der Waals surface area contributed by atoms with Crippen LogP contribution in [0.4, 0.5) is 0 Å². The van der Waals surface area contributed by atoms with Crippen molar-refractivity contribution in [1.29, 1.82) is 0 Å². The van der Waals surface area contributed by atoms with Crippen molar-refractivity contribution in [2.75, 3.05) is 20.8 Å². The lowest BCUT2D eigenvalue weighted by atomic mass is 9.93. The zero-order valence-corrected chi connectivity index (χ0v) is 29.1. The zero-order chi connectivity index (χ0) is 35.4. The molecule has 0 bridgehead atoms. The number of aliphatic hydroxyl groups excluding tert-OH is 1. The second-order valence-electron chi connectivity index (χ2n) is 12.5. The van der Waals surface area contributed by atoms with Crippen LogP contribution in [0.15, 0.2) is 60.7 Å². The summed E-state index contributed by atoms with van der Waals surface area (Å²) in [4.78, 5) is 51.0. The van der Waals surface area contributed by atoms with Gasteiger partial charge in [0.1, 0.15) is 24.0 Å². The maximum atomic E-state index is 13.2. The number of methoxy groups -OCH3 is 2. The van der Waals surface area contributed by atoms with Crippen molar-refractivity contribution in [2.24, 2.45) is 17.8 Å². The van der Waals surface area contributed by atoms with Crippen LogP contribution in [0.3, 0.4) is 0 Å². The molecule has 1 fully saturated rings. The number of nitrogens with one attached hydrogen (secondary N) is 2. The monoisotopic (exact) mass is 686 g/mol. The van der Waals surface area contributed by atoms with E-state index in [1.54, 1.807) is 31.2 Å². The number of aliphatic hydroxyl groups is 1. The molecule has 1 saturated heterocycles. The number of carbonyl (C=O) groups excluding carboxylic acids is 4. The van der Waals surface area contributed by atoms with Crippen molar-refractivity contribution in [3.63, 3.8) is 0 Å². The summed E-state index contributed by atoms with van der Waals surface area (Å²) in [6.45, 7) is 7.34. The fraction of sp³-hybridized carbons (Fsp3) is 0.500. The second-order valence-corrected chi connectivity index (χ2v) is 12.9. The van der Waals surface area contributed by atoms with Crippen molar-refractivity contribution in [1.82, 2.24) is 10.6 Å². The van der Waals surface area contributed by atoms with Crippen LogP contribution in [0, 0.1) is 17.8 Å². The number of rotatable bonds is 18. The molecule has 11 nitrogen and oxygen atoms in total. The molecule has 2 amide bonds. The second kappa shape index (κ2) is 18.6. The van der Waals surface area contributed by atoms with Gasteiger partial charge in [0.2, 0.25) is 11.8 Å². The van der Waals surface area contributed by atoms with Gasteiger partial charge in [-0.15, -0.1) is 0 Å². The molecule has 2 aromatic rings. The average molecular weight is 687 g/mol. The minimum absolute atomic E-state index is 0.0118. The van der Waals surface area contributed by atoms with Crippen LogP contribution in [0.25, 0.3) is 0 Å². The van der Waals surface area contributed by atoms with Crippen LogP contribution in [0.5, 0.6) is 5.75 Å². The molecule has 3 N–H and O–H groups in total. The number of hydrogen-bond donors (Lipinski definition) is 3. The molecule has 0 saturated carbocycles. The lowest BCUT2D eigenvalue weighted by Crippen LogP contribution is -2.49. The fourth-order valence-electron chi connectivity index (χ4n) is 5.26. The Morgan fingerprint density at radius 3 is 2.35 bits per heavy atom. The molecule has 0 radical (unpaired) electrons. The van der Waals surface area contributed by atoms with Gasteiger partial charge in [0, 0.05) is 25.3 Å². The number of ether oxygens (including phenoxy) is 4. The molecule has 7 atom stereocenters. The van der Waals surface area contributed by atoms with E-state index in [0.29, 0.717) is 16.3 Å². The highest BCUT2D eigenvalue weighted by molar-refractivity contribution is 6.32. The Morgan fingerprint density at radius 2 is 1.73 bits per heavy atom. The molecule has 1 aliphatic rings. The molecule has 1 heterocycles. The molecule has 262 valence electrons. The van der Waals surface area contributed by atoms with Gasteiger partial charge in [0.05, 0.1) is 31.3 Å². The fourth-order valence-corrected chi connectivity index (χ4v) is 5.54. The number of halogens is 1. The van der Waals surface area contributed by atoms with Gasteiger partial charge in [0.25, 0.3) is 0 Å². The molecule has 7 unspecified atom stereocenters. The molecule has 0 aromatic heterocycles. The summed E-state index contributed by atoms with van der Waals surface area (Å²) in [6.07, 6.45) is 1.04. The molecule has 48 heavy (non-hydrogen) atoms. The van der Waals surface area contributed by atoms with E-state index in [1.165, 1.54) is 20.3 Å². The van der Waals surface area contributed by atoms with E-state index in [9.17, 15) is 24.3 Å². The number of hydrogen-bond acceptors (Lipinski definition) is 9. The van der Waals surface area contributed by atoms with Gasteiger partial charge in [-0.3, -0.25) is 14.4 Å². The predicted octanol–water partition coefficient (Wildman–Crippen LogP) is 4.34. The molecular formula is C36H47ClN2O9. The van der Waals surface area contributed by atoms with Crippen molar-refractivity contribution in [2.45, 2.75) is 77.4 Å². The van der Waals surface area contributed by atoms with Crippen molar-refractivity contribution < 1.29 is 43.2 Å². The third kappa shape index (κ3) is 11.6. The van der Waals surface area contributed by atoms with Crippen LogP contribution in [0.2, 0.25) is 5.02 Å². The van der Waals surface area contributed by atoms with Gasteiger partial charge in [-0.1, -0.05) is 81.8 Å². The molecule has 1 aliphatic heterocycles. The van der Waals surface area contributed by atoms with Gasteiger partial charge in [-0.05, 0) is 41.7 Å². The summed E-state index contributed by atoms with van der Waals surface area (Å²) in [7, 11) is 2.76. The maximum absolute atomic E-state index is 13.2. The molecule has 0 aliphatic carbocycles. The Morgan fingerprint density at radius 1 is 1.02 bits per heavy atom. The van der Waals surface area contributed by atoms with Crippen LogP contribution >= 0.6 is 11.6 Å². The Hall–Kier alpha value is -3.93. The van der Waals surface area contributed by atoms with E-state index in [0.717, 1.165) is 5.56 Å². The van der Waals surface area contributed by atoms with E-state index in [-0.39, 0.29) is 49.9 Å². The number of amides is 2. The molecule has 0 spiro atoms. The normalized spacial score (nSPS) is 18.7. The molecule has 2 aromatic carbocycles. The largest absolute Gasteiger partial charge is 0.495 e. The summed E-state index contributed by atoms with van der Waals surface area (Å²) >= 11 is 6.29. The average Bonchev–Trinajstić information content (AvgIpc) is 3.87. The first-order valence-corrected chi connectivity index (χ1v) is 16.5. The van der Waals surface area contributed by atoms with Gasteiger partial charge < -0.3 is 34.7 Å². The lowest BCUT2D eigenvalue weighted by Gasteiger charge is -2.24. The third-order valence-electron chi connectivity index (χ3n) is 8.11. The number of esters is 2. The SMILES string of the molecule is COC(=O)C(C)CNC(=O)C(Cc1ccc(OC)c(Cl)c1)NC(=O)C=CCC(OC(=O)C(O)CC(C)C)C(C)C1OC1c1ccccc1. The Kier molecular flexibility index (Phi) is 14.9. The first-order chi connectivity index (χ1) is 22.8. The minimum Gasteiger partial charge on any atom is -0.495 e. The third-order valence-corrected chi connectivity index (χ3v) is 8.40. The maximum Gasteiger partial charge on any atom is 0.335 e. The molecule has 3 rings (SSSR count). The van der Waals surface area contributed by atoms with E-state index in [4.69, 9.17) is 30.5 Å². The summed E-state index contributed by atoms with van der Waals surface area (Å²) in [6, 6.07) is 13.8. The van der Waals surface area contributed by atoms with Gasteiger partial charge >= 0.3 is 11.9 Å². The Balaban J connectivity index is 1.72. The highest BCUT2D eigenvalue weighted by atomic mass is 35.5. The quantitative estimate of drug-likeness (QED) is 0.118. The molecule has 12 heteroatoms. The van der Waals surface area contributed by atoms with E-state index < -0.39 is 47.9 Å². The lowest BCUT2D eigenvalue weighted by molar-refractivity contribution is -0.162. The predicted molar refractivity (Wildman–Crippen MR) is 180 cm³/mol. The highest BCUT2D eigenvalue weighted by Gasteiger charge is 2.47. The molecular weight excluding hydrogens is 640 g/mol. The van der Waals surface area contributed by atoms with Gasteiger partial charge in [-0.2, -0.15) is 0 Å². The first kappa shape index (κ1) is 38.5. The van der Waals surface area contributed by atoms with Gasteiger partial charge in [0.15, 0.2) is 6.10 Å². The zero-order valence-electron chi connectivity index (χ0n) is 28.3. The van der Waals surface area contributed by atoms with Crippen LogP contribution in [-0.4, -0.2) is 74.0 Å². The van der Waals surface area contributed by atoms with Crippen molar-refractivity contribution in [3.8, 4) is 5.75 Å². The number of epoxide rings is 1. The van der Waals surface area contributed by atoms with Crippen LogP contribution in [0.1, 0.15) is 57.8 Å². The summed E-state index contributed by atoms with van der Waals surface area (Å²) in [5.74, 6) is -2.57. The summed E-state index contributed by atoms with van der Waals surface area (Å²) < 4.78 is 21.7. The number of benzene rings is 2. The highest BCUT2D eigenvalue weighted by Crippen LogP contribution is 2.45. The minimum atomic E-state index is -1.27. The van der Waals surface area contributed by atoms with E-state index in [2.05, 4.69) is 10.6 Å².